The Balaban J connectivity index is 2.09. The summed E-state index contributed by atoms with van der Waals surface area (Å²) in [6.45, 7) is -0.210. The van der Waals surface area contributed by atoms with Crippen molar-refractivity contribution in [1.29, 1.82) is 0 Å². The molecule has 2 heterocycles. The van der Waals surface area contributed by atoms with Crippen molar-refractivity contribution in [2.75, 3.05) is 13.2 Å². The molecule has 0 atom stereocenters. The molecule has 4 rings (SSSR count). The van der Waals surface area contributed by atoms with E-state index in [1.165, 1.54) is 0 Å². The van der Waals surface area contributed by atoms with Gasteiger partial charge in [0.1, 0.15) is 0 Å². The lowest BCUT2D eigenvalue weighted by Crippen LogP contribution is -2.32. The van der Waals surface area contributed by atoms with Crippen molar-refractivity contribution in [1.82, 2.24) is 9.88 Å². The zero-order chi connectivity index (χ0) is 14.6. The highest BCUT2D eigenvalue weighted by atomic mass is 16.3. The van der Waals surface area contributed by atoms with Gasteiger partial charge >= 0.3 is 0 Å². The summed E-state index contributed by atoms with van der Waals surface area (Å²) >= 11 is 0. The topological polar surface area (TPSA) is 73.4 Å². The van der Waals surface area contributed by atoms with E-state index in [4.69, 9.17) is 5.11 Å². The largest absolute Gasteiger partial charge is 0.395 e. The van der Waals surface area contributed by atoms with Crippen LogP contribution in [0.15, 0.2) is 36.4 Å². The fraction of sp³-hybridized carbons (Fsp3) is 0.125. The van der Waals surface area contributed by atoms with Gasteiger partial charge in [0.05, 0.1) is 24.3 Å². The number of hydrogen-bond donors (Lipinski definition) is 2. The number of amides is 2. The average molecular weight is 280 g/mol. The molecule has 0 bridgehead atoms. The Labute approximate surface area is 119 Å². The van der Waals surface area contributed by atoms with Crippen LogP contribution < -0.4 is 0 Å². The number of carbonyl (C=O) groups is 2. The number of aliphatic hydroxyl groups is 1. The zero-order valence-electron chi connectivity index (χ0n) is 11.1. The van der Waals surface area contributed by atoms with Crippen molar-refractivity contribution < 1.29 is 14.7 Å². The molecule has 2 amide bonds. The van der Waals surface area contributed by atoms with E-state index in [1.807, 2.05) is 30.3 Å². The van der Waals surface area contributed by atoms with Crippen molar-refractivity contribution in [2.45, 2.75) is 0 Å². The number of H-pyrrole nitrogens is 1. The molecule has 1 aromatic heterocycles. The minimum atomic E-state index is -0.337. The number of β-amino-alcohol motifs (C(OH)–C–C–N with tert-alkyl or cyclic N) is 1. The minimum absolute atomic E-state index is 0.0240. The SMILES string of the molecule is O=C1c2ccc3[nH]c4ccccc4c3c2C(=O)N1CCO. The Kier molecular flexibility index (Phi) is 2.40. The van der Waals surface area contributed by atoms with Crippen LogP contribution in [0.5, 0.6) is 0 Å². The van der Waals surface area contributed by atoms with Gasteiger partial charge in [-0.3, -0.25) is 14.5 Å². The van der Waals surface area contributed by atoms with Gasteiger partial charge in [0.2, 0.25) is 0 Å². The Morgan fingerprint density at radius 1 is 1.00 bits per heavy atom. The van der Waals surface area contributed by atoms with Gasteiger partial charge in [-0.15, -0.1) is 0 Å². The first-order valence-corrected chi connectivity index (χ1v) is 6.73. The molecule has 0 aliphatic carbocycles. The third-order valence-electron chi connectivity index (χ3n) is 3.93. The number of aromatic nitrogens is 1. The predicted octanol–water partition coefficient (Wildman–Crippen LogP) is 1.91. The van der Waals surface area contributed by atoms with E-state index in [-0.39, 0.29) is 25.0 Å². The van der Waals surface area contributed by atoms with Crippen molar-refractivity contribution in [3.63, 3.8) is 0 Å². The van der Waals surface area contributed by atoms with Crippen LogP contribution >= 0.6 is 0 Å². The van der Waals surface area contributed by atoms with Gasteiger partial charge in [0.15, 0.2) is 0 Å². The monoisotopic (exact) mass is 280 g/mol. The molecule has 0 unspecified atom stereocenters. The van der Waals surface area contributed by atoms with Crippen LogP contribution in [0.1, 0.15) is 20.7 Å². The average Bonchev–Trinajstić information content (AvgIpc) is 2.98. The fourth-order valence-electron chi connectivity index (χ4n) is 3.02. The molecule has 5 nitrogen and oxygen atoms in total. The lowest BCUT2D eigenvalue weighted by Gasteiger charge is -2.10. The minimum Gasteiger partial charge on any atom is -0.395 e. The Hall–Kier alpha value is -2.66. The maximum atomic E-state index is 12.5. The van der Waals surface area contributed by atoms with E-state index < -0.39 is 0 Å². The van der Waals surface area contributed by atoms with Crippen LogP contribution in [0.3, 0.4) is 0 Å². The molecule has 5 heteroatoms. The van der Waals surface area contributed by atoms with Gasteiger partial charge in [0, 0.05) is 21.8 Å². The normalized spacial score (nSPS) is 14.4. The van der Waals surface area contributed by atoms with Gasteiger partial charge in [-0.25, -0.2) is 0 Å². The molecule has 0 spiro atoms. The van der Waals surface area contributed by atoms with Crippen LogP contribution in [-0.2, 0) is 0 Å². The number of carbonyl (C=O) groups excluding carboxylic acids is 2. The number of fused-ring (bicyclic) bond motifs is 5. The summed E-state index contributed by atoms with van der Waals surface area (Å²) < 4.78 is 0. The first kappa shape index (κ1) is 12.1. The Morgan fingerprint density at radius 3 is 2.62 bits per heavy atom. The number of rotatable bonds is 2. The maximum absolute atomic E-state index is 12.5. The van der Waals surface area contributed by atoms with Crippen LogP contribution in [0, 0.1) is 0 Å². The first-order chi connectivity index (χ1) is 10.2. The third-order valence-corrected chi connectivity index (χ3v) is 3.93. The molecule has 2 N–H and O–H groups in total. The quantitative estimate of drug-likeness (QED) is 0.704. The molecule has 1 aliphatic rings. The zero-order valence-corrected chi connectivity index (χ0v) is 11.1. The van der Waals surface area contributed by atoms with E-state index in [1.54, 1.807) is 6.07 Å². The molecule has 3 aromatic rings. The Bertz CT molecular complexity index is 910. The van der Waals surface area contributed by atoms with Gasteiger partial charge < -0.3 is 10.1 Å². The number of imide groups is 1. The number of para-hydroxylation sites is 1. The van der Waals surface area contributed by atoms with Crippen LogP contribution in [0.25, 0.3) is 21.8 Å². The predicted molar refractivity (Wildman–Crippen MR) is 78.3 cm³/mol. The van der Waals surface area contributed by atoms with E-state index in [2.05, 4.69) is 4.98 Å². The second-order valence-corrected chi connectivity index (χ2v) is 5.07. The number of nitrogens with one attached hydrogen (secondary N) is 1. The fourth-order valence-corrected chi connectivity index (χ4v) is 3.02. The summed E-state index contributed by atoms with van der Waals surface area (Å²) in [5.41, 5.74) is 2.61. The molecular weight excluding hydrogens is 268 g/mol. The number of nitrogens with zero attached hydrogens (tertiary/aromatic N) is 1. The molecule has 104 valence electrons. The van der Waals surface area contributed by atoms with E-state index >= 15 is 0 Å². The van der Waals surface area contributed by atoms with E-state index in [0.717, 1.165) is 26.7 Å². The second kappa shape index (κ2) is 4.17. The summed E-state index contributed by atoms with van der Waals surface area (Å²) in [4.78, 5) is 29.2. The number of aromatic amines is 1. The summed E-state index contributed by atoms with van der Waals surface area (Å²) in [6.07, 6.45) is 0. The van der Waals surface area contributed by atoms with E-state index in [9.17, 15) is 9.59 Å². The van der Waals surface area contributed by atoms with Crippen molar-refractivity contribution in [2.24, 2.45) is 0 Å². The van der Waals surface area contributed by atoms with Gasteiger partial charge in [-0.05, 0) is 18.2 Å². The molecule has 0 fully saturated rings. The van der Waals surface area contributed by atoms with Crippen LogP contribution in [0.4, 0.5) is 0 Å². The van der Waals surface area contributed by atoms with Gasteiger partial charge in [0.25, 0.3) is 11.8 Å². The molecule has 0 saturated carbocycles. The smallest absolute Gasteiger partial charge is 0.262 e. The standard InChI is InChI=1S/C16H12N2O3/c19-8-7-18-15(20)10-5-6-12-13(14(10)16(18)21)9-3-1-2-4-11(9)17-12/h1-6,17,19H,7-8H2. The first-order valence-electron chi connectivity index (χ1n) is 6.73. The second-order valence-electron chi connectivity index (χ2n) is 5.07. The number of hydrogen-bond acceptors (Lipinski definition) is 3. The molecule has 21 heavy (non-hydrogen) atoms. The van der Waals surface area contributed by atoms with Crippen LogP contribution in [0.2, 0.25) is 0 Å². The lowest BCUT2D eigenvalue weighted by atomic mass is 10.0. The van der Waals surface area contributed by atoms with Crippen molar-refractivity contribution in [3.05, 3.63) is 47.5 Å². The maximum Gasteiger partial charge on any atom is 0.262 e. The van der Waals surface area contributed by atoms with Gasteiger partial charge in [-0.1, -0.05) is 18.2 Å². The van der Waals surface area contributed by atoms with Crippen molar-refractivity contribution in [3.8, 4) is 0 Å². The molecular formula is C16H12N2O3. The molecule has 2 aromatic carbocycles. The molecule has 1 aliphatic heterocycles. The third kappa shape index (κ3) is 1.49. The van der Waals surface area contributed by atoms with Gasteiger partial charge in [-0.2, -0.15) is 0 Å². The number of benzene rings is 2. The van der Waals surface area contributed by atoms with Crippen LogP contribution in [-0.4, -0.2) is 40.0 Å². The lowest BCUT2D eigenvalue weighted by molar-refractivity contribution is 0.0625. The van der Waals surface area contributed by atoms with E-state index in [0.29, 0.717) is 11.1 Å². The van der Waals surface area contributed by atoms with Crippen molar-refractivity contribution >= 4 is 33.6 Å². The molecule has 0 radical (unpaired) electrons. The number of aliphatic hydroxyl groups excluding tert-OH is 1. The summed E-state index contributed by atoms with van der Waals surface area (Å²) in [7, 11) is 0. The summed E-state index contributed by atoms with van der Waals surface area (Å²) in [5.74, 6) is -0.671. The summed E-state index contributed by atoms with van der Waals surface area (Å²) in [6, 6.07) is 11.2. The highest BCUT2D eigenvalue weighted by Gasteiger charge is 2.37. The highest BCUT2D eigenvalue weighted by Crippen LogP contribution is 2.34. The highest BCUT2D eigenvalue weighted by molar-refractivity contribution is 6.29. The molecule has 0 saturated heterocycles. The summed E-state index contributed by atoms with van der Waals surface area (Å²) in [5, 5.41) is 10.7. The Morgan fingerprint density at radius 2 is 1.81 bits per heavy atom.